The van der Waals surface area contributed by atoms with Crippen molar-refractivity contribution in [3.63, 3.8) is 0 Å². The van der Waals surface area contributed by atoms with Crippen LogP contribution < -0.4 is 0 Å². The first-order chi connectivity index (χ1) is 6.44. The van der Waals surface area contributed by atoms with Crippen LogP contribution in [0.1, 0.15) is 0 Å². The predicted octanol–water partition coefficient (Wildman–Crippen LogP) is -0.588. The summed E-state index contributed by atoms with van der Waals surface area (Å²) in [5, 5.41) is 16.6. The molecule has 0 aliphatic rings. The van der Waals surface area contributed by atoms with Crippen molar-refractivity contribution in [2.75, 3.05) is 18.8 Å². The Labute approximate surface area is 82.1 Å². The van der Waals surface area contributed by atoms with E-state index in [2.05, 4.69) is 6.58 Å². The van der Waals surface area contributed by atoms with Gasteiger partial charge < -0.3 is 5.11 Å². The van der Waals surface area contributed by atoms with Crippen LogP contribution in [0.15, 0.2) is 12.7 Å². The molecule has 6 nitrogen and oxygen atoms in total. The first-order valence-corrected chi connectivity index (χ1v) is 5.22. The van der Waals surface area contributed by atoms with E-state index in [1.165, 1.54) is 12.1 Å². The second-order valence-electron chi connectivity index (χ2n) is 2.39. The van der Waals surface area contributed by atoms with Crippen molar-refractivity contribution in [3.05, 3.63) is 12.7 Å². The second-order valence-corrected chi connectivity index (χ2v) is 4.36. The van der Waals surface area contributed by atoms with Crippen molar-refractivity contribution >= 4 is 16.0 Å². The number of nitrogens with zero attached hydrogens (tertiary/aromatic N) is 2. The average Bonchev–Trinajstić information content (AvgIpc) is 2.02. The van der Waals surface area contributed by atoms with Gasteiger partial charge in [0, 0.05) is 6.54 Å². The van der Waals surface area contributed by atoms with Crippen molar-refractivity contribution in [1.29, 1.82) is 5.26 Å². The fraction of sp³-hybridized carbons (Fsp3) is 0.429. The van der Waals surface area contributed by atoms with Gasteiger partial charge in [0.15, 0.2) is 5.75 Å². The largest absolute Gasteiger partial charge is 0.480 e. The van der Waals surface area contributed by atoms with Crippen LogP contribution in [0.4, 0.5) is 0 Å². The Morgan fingerprint density at radius 2 is 2.21 bits per heavy atom. The number of rotatable bonds is 6. The minimum absolute atomic E-state index is 0.115. The molecule has 0 atom stereocenters. The normalized spacial score (nSPS) is 10.9. The third-order valence-electron chi connectivity index (χ3n) is 1.28. The quantitative estimate of drug-likeness (QED) is 0.601. The van der Waals surface area contributed by atoms with Crippen LogP contribution in [0, 0.1) is 11.3 Å². The number of carboxylic acids is 1. The fourth-order valence-corrected chi connectivity index (χ4v) is 1.73. The lowest BCUT2D eigenvalue weighted by Gasteiger charge is -2.16. The molecule has 0 saturated heterocycles. The molecular weight excluding hydrogens is 208 g/mol. The van der Waals surface area contributed by atoms with E-state index in [1.807, 2.05) is 0 Å². The van der Waals surface area contributed by atoms with E-state index in [9.17, 15) is 13.2 Å². The molecule has 0 radical (unpaired) electrons. The molecule has 0 aliphatic carbocycles. The zero-order chi connectivity index (χ0) is 11.2. The minimum Gasteiger partial charge on any atom is -0.480 e. The molecular formula is C7H10N2O4S. The summed E-state index contributed by atoms with van der Waals surface area (Å²) < 4.78 is 23.2. The van der Waals surface area contributed by atoms with Crippen molar-refractivity contribution in [1.82, 2.24) is 4.31 Å². The van der Waals surface area contributed by atoms with Gasteiger partial charge in [-0.15, -0.1) is 6.58 Å². The second kappa shape index (κ2) is 5.36. The number of carbonyl (C=O) groups is 1. The number of hydrogen-bond acceptors (Lipinski definition) is 4. The summed E-state index contributed by atoms with van der Waals surface area (Å²) in [7, 11) is -3.81. The first-order valence-electron chi connectivity index (χ1n) is 3.61. The van der Waals surface area contributed by atoms with Crippen LogP contribution >= 0.6 is 0 Å². The summed E-state index contributed by atoms with van der Waals surface area (Å²) in [4.78, 5) is 10.3. The van der Waals surface area contributed by atoms with Crippen LogP contribution in [0.3, 0.4) is 0 Å². The van der Waals surface area contributed by atoms with E-state index in [0.717, 1.165) is 0 Å². The Balaban J connectivity index is 4.73. The highest BCUT2D eigenvalue weighted by Gasteiger charge is 2.22. The molecule has 1 N–H and O–H groups in total. The zero-order valence-electron chi connectivity index (χ0n) is 7.38. The summed E-state index contributed by atoms with van der Waals surface area (Å²) in [5.74, 6) is -2.00. The Hall–Kier alpha value is -1.39. The highest BCUT2D eigenvalue weighted by molar-refractivity contribution is 7.89. The smallest absolute Gasteiger partial charge is 0.318 e. The molecule has 0 spiro atoms. The summed E-state index contributed by atoms with van der Waals surface area (Å²) in [5.41, 5.74) is 0. The van der Waals surface area contributed by atoms with Gasteiger partial charge in [0.2, 0.25) is 10.0 Å². The molecule has 0 rings (SSSR count). The van der Waals surface area contributed by atoms with Gasteiger partial charge in [-0.25, -0.2) is 8.42 Å². The third kappa shape index (κ3) is 4.02. The van der Waals surface area contributed by atoms with Crippen LogP contribution in [0.5, 0.6) is 0 Å². The molecule has 0 aromatic carbocycles. The molecule has 0 fully saturated rings. The molecule has 0 heterocycles. The number of hydrogen-bond donors (Lipinski definition) is 1. The Kier molecular flexibility index (Phi) is 4.83. The van der Waals surface area contributed by atoms with E-state index in [4.69, 9.17) is 10.4 Å². The van der Waals surface area contributed by atoms with Gasteiger partial charge in [-0.2, -0.15) is 9.57 Å². The predicted molar refractivity (Wildman–Crippen MR) is 48.8 cm³/mol. The Morgan fingerprint density at radius 3 is 2.57 bits per heavy atom. The maximum atomic E-state index is 11.2. The average molecular weight is 218 g/mol. The highest BCUT2D eigenvalue weighted by atomic mass is 32.2. The Bertz CT molecular complexity index is 354. The summed E-state index contributed by atoms with van der Waals surface area (Å²) in [6.07, 6.45) is 1.26. The highest BCUT2D eigenvalue weighted by Crippen LogP contribution is 2.00. The van der Waals surface area contributed by atoms with Gasteiger partial charge in [-0.3, -0.25) is 4.79 Å². The SMILES string of the molecule is C=CCN(CC(=O)O)S(=O)(=O)CC#N. The monoisotopic (exact) mass is 218 g/mol. The summed E-state index contributed by atoms with van der Waals surface area (Å²) in [6.45, 7) is 2.53. The number of aliphatic carboxylic acids is 1. The van der Waals surface area contributed by atoms with Crippen LogP contribution in [-0.4, -0.2) is 42.6 Å². The molecule has 0 amide bonds. The number of carboxylic acid groups (broad SMARTS) is 1. The first kappa shape index (κ1) is 12.6. The van der Waals surface area contributed by atoms with Gasteiger partial charge in [-0.05, 0) is 0 Å². The molecule has 0 aromatic heterocycles. The number of sulfonamides is 1. The molecule has 0 aromatic rings. The van der Waals surface area contributed by atoms with Crippen molar-refractivity contribution in [2.24, 2.45) is 0 Å². The van der Waals surface area contributed by atoms with Crippen LogP contribution in [0.2, 0.25) is 0 Å². The van der Waals surface area contributed by atoms with E-state index in [0.29, 0.717) is 4.31 Å². The van der Waals surface area contributed by atoms with E-state index in [-0.39, 0.29) is 6.54 Å². The standard InChI is InChI=1S/C7H10N2O4S/c1-2-4-9(6-7(10)11)14(12,13)5-3-8/h2H,1,4-6H2,(H,10,11). The van der Waals surface area contributed by atoms with E-state index >= 15 is 0 Å². The minimum atomic E-state index is -3.81. The van der Waals surface area contributed by atoms with Gasteiger partial charge in [-0.1, -0.05) is 6.08 Å². The topological polar surface area (TPSA) is 98.5 Å². The molecule has 0 aliphatic heterocycles. The molecule has 78 valence electrons. The van der Waals surface area contributed by atoms with Crippen molar-refractivity contribution in [2.45, 2.75) is 0 Å². The lowest BCUT2D eigenvalue weighted by Crippen LogP contribution is -2.37. The van der Waals surface area contributed by atoms with Crippen LogP contribution in [-0.2, 0) is 14.8 Å². The lowest BCUT2D eigenvalue weighted by molar-refractivity contribution is -0.137. The maximum Gasteiger partial charge on any atom is 0.318 e. The van der Waals surface area contributed by atoms with Gasteiger partial charge in [0.25, 0.3) is 0 Å². The molecule has 14 heavy (non-hydrogen) atoms. The molecule has 0 saturated carbocycles. The third-order valence-corrected chi connectivity index (χ3v) is 2.84. The lowest BCUT2D eigenvalue weighted by atomic mass is 10.6. The molecule has 7 heteroatoms. The van der Waals surface area contributed by atoms with Gasteiger partial charge in [0.05, 0.1) is 6.07 Å². The van der Waals surface area contributed by atoms with Crippen molar-refractivity contribution in [3.8, 4) is 6.07 Å². The van der Waals surface area contributed by atoms with Gasteiger partial charge >= 0.3 is 5.97 Å². The van der Waals surface area contributed by atoms with Gasteiger partial charge in [0.1, 0.15) is 6.54 Å². The fourth-order valence-electron chi connectivity index (χ4n) is 0.744. The van der Waals surface area contributed by atoms with Crippen molar-refractivity contribution < 1.29 is 18.3 Å². The summed E-state index contributed by atoms with van der Waals surface area (Å²) in [6, 6.07) is 1.46. The zero-order valence-corrected chi connectivity index (χ0v) is 8.20. The maximum absolute atomic E-state index is 11.2. The van der Waals surface area contributed by atoms with E-state index in [1.54, 1.807) is 0 Å². The Morgan fingerprint density at radius 1 is 1.64 bits per heavy atom. The van der Waals surface area contributed by atoms with E-state index < -0.39 is 28.3 Å². The summed E-state index contributed by atoms with van der Waals surface area (Å²) >= 11 is 0. The molecule has 0 bridgehead atoms. The number of nitriles is 1. The molecule has 0 unspecified atom stereocenters. The van der Waals surface area contributed by atoms with Crippen LogP contribution in [0.25, 0.3) is 0 Å².